The number of benzene rings is 1. The molecule has 5 unspecified atom stereocenters. The lowest BCUT2D eigenvalue weighted by Gasteiger charge is -2.57. The van der Waals surface area contributed by atoms with Crippen molar-refractivity contribution in [2.24, 2.45) is 29.1 Å². The predicted molar refractivity (Wildman–Crippen MR) is 178 cm³/mol. The van der Waals surface area contributed by atoms with Gasteiger partial charge in [0.15, 0.2) is 5.78 Å². The van der Waals surface area contributed by atoms with E-state index >= 15 is 0 Å². The second kappa shape index (κ2) is 11.7. The monoisotopic (exact) mass is 618 g/mol. The van der Waals surface area contributed by atoms with Crippen LogP contribution >= 0.6 is 0 Å². The summed E-state index contributed by atoms with van der Waals surface area (Å²) in [7, 11) is 4.06. The molecule has 0 spiro atoms. The minimum atomic E-state index is -0.175. The average Bonchev–Trinajstić information content (AvgIpc) is 3.53. The fourth-order valence-electron chi connectivity index (χ4n) is 8.78. The molecule has 0 aliphatic heterocycles. The third-order valence-corrected chi connectivity index (χ3v) is 10.9. The highest BCUT2D eigenvalue weighted by atomic mass is 16.5. The first-order valence-electron chi connectivity index (χ1n) is 16.2. The molecule has 3 N–H and O–H groups in total. The Bertz CT molecular complexity index is 1910. The van der Waals surface area contributed by atoms with E-state index in [-0.39, 0.29) is 10.9 Å². The van der Waals surface area contributed by atoms with E-state index in [9.17, 15) is 4.79 Å². The molecule has 238 valence electrons. The van der Waals surface area contributed by atoms with Gasteiger partial charge < -0.3 is 15.0 Å². The molecule has 0 radical (unpaired) electrons. The van der Waals surface area contributed by atoms with Crippen molar-refractivity contribution in [1.29, 1.82) is 10.8 Å². The SMILES string of the molecule is Cc1cc(Nc2ccn3ncnc(C4CC5CC6C(C4)[C@@H](C)C6(C(=O)/C=C/CN(C)C)C5)c23)ccc1Oc1ccn(C=N)c(=N)c1. The third kappa shape index (κ3) is 5.05. The molecule has 3 heterocycles. The fraction of sp³-hybridized carbons (Fsp3) is 0.417. The number of nitrogens with zero attached hydrogens (tertiary/aromatic N) is 5. The summed E-state index contributed by atoms with van der Waals surface area (Å²) in [5.74, 6) is 3.83. The van der Waals surface area contributed by atoms with E-state index in [2.05, 4.69) is 34.4 Å². The van der Waals surface area contributed by atoms with Crippen LogP contribution in [0.2, 0.25) is 0 Å². The summed E-state index contributed by atoms with van der Waals surface area (Å²) in [5, 5.41) is 23.6. The molecule has 1 aromatic carbocycles. The summed E-state index contributed by atoms with van der Waals surface area (Å²) in [4.78, 5) is 20.6. The van der Waals surface area contributed by atoms with Crippen molar-refractivity contribution in [1.82, 2.24) is 24.1 Å². The van der Waals surface area contributed by atoms with Gasteiger partial charge >= 0.3 is 0 Å². The summed E-state index contributed by atoms with van der Waals surface area (Å²) >= 11 is 0. The second-order valence-corrected chi connectivity index (χ2v) is 13.8. The van der Waals surface area contributed by atoms with Crippen LogP contribution in [-0.2, 0) is 4.79 Å². The van der Waals surface area contributed by atoms with Crippen LogP contribution < -0.4 is 15.5 Å². The Kier molecular flexibility index (Phi) is 7.63. The number of nitrogens with one attached hydrogen (secondary N) is 3. The molecule has 10 nitrogen and oxygen atoms in total. The number of aryl methyl sites for hydroxylation is 1. The Morgan fingerprint density at radius 3 is 2.78 bits per heavy atom. The van der Waals surface area contributed by atoms with Crippen LogP contribution in [0.3, 0.4) is 0 Å². The molecule has 7 rings (SSSR count). The lowest BCUT2D eigenvalue weighted by Crippen LogP contribution is -2.57. The Balaban J connectivity index is 1.11. The van der Waals surface area contributed by atoms with E-state index in [1.165, 1.54) is 4.57 Å². The maximum Gasteiger partial charge on any atom is 0.162 e. The molecule has 3 saturated carbocycles. The lowest BCUT2D eigenvalue weighted by atomic mass is 9.45. The van der Waals surface area contributed by atoms with Gasteiger partial charge in [0.25, 0.3) is 0 Å². The maximum absolute atomic E-state index is 13.6. The van der Waals surface area contributed by atoms with Gasteiger partial charge in [-0.15, -0.1) is 0 Å². The number of pyridine rings is 1. The van der Waals surface area contributed by atoms with Crippen molar-refractivity contribution in [3.8, 4) is 11.5 Å². The van der Waals surface area contributed by atoms with Gasteiger partial charge in [0.1, 0.15) is 28.8 Å². The number of fused-ring (bicyclic) bond motifs is 2. The molecule has 3 fully saturated rings. The van der Waals surface area contributed by atoms with Crippen LogP contribution in [0.25, 0.3) is 5.52 Å². The molecule has 46 heavy (non-hydrogen) atoms. The number of hydrogen-bond donors (Lipinski definition) is 3. The van der Waals surface area contributed by atoms with E-state index in [1.54, 1.807) is 24.7 Å². The minimum Gasteiger partial charge on any atom is -0.457 e. The van der Waals surface area contributed by atoms with E-state index in [0.29, 0.717) is 46.9 Å². The molecule has 6 atom stereocenters. The van der Waals surface area contributed by atoms with Gasteiger partial charge in [0.05, 0.1) is 17.7 Å². The van der Waals surface area contributed by atoms with Crippen molar-refractivity contribution < 1.29 is 9.53 Å². The Morgan fingerprint density at radius 2 is 2.02 bits per heavy atom. The summed E-state index contributed by atoms with van der Waals surface area (Å²) in [6.07, 6.45) is 14.5. The van der Waals surface area contributed by atoms with Crippen LogP contribution in [0.15, 0.2) is 67.3 Å². The Labute approximate surface area is 269 Å². The first kappa shape index (κ1) is 30.1. The summed E-state index contributed by atoms with van der Waals surface area (Å²) in [5.41, 5.74) is 4.95. The molecule has 0 saturated heterocycles. The molecular formula is C36H42N8O2. The highest BCUT2D eigenvalue weighted by Gasteiger charge is 2.68. The van der Waals surface area contributed by atoms with Crippen molar-refractivity contribution in [3.05, 3.63) is 84.0 Å². The molecule has 10 heteroatoms. The zero-order valence-electron chi connectivity index (χ0n) is 26.9. The maximum atomic E-state index is 13.6. The van der Waals surface area contributed by atoms with Crippen LogP contribution in [0, 0.1) is 46.8 Å². The lowest BCUT2D eigenvalue weighted by molar-refractivity contribution is -0.153. The first-order chi connectivity index (χ1) is 22.2. The molecule has 3 aromatic heterocycles. The van der Waals surface area contributed by atoms with Crippen molar-refractivity contribution >= 4 is 29.0 Å². The normalized spacial score (nSPS) is 26.7. The highest BCUT2D eigenvalue weighted by Crippen LogP contribution is 2.71. The minimum absolute atomic E-state index is 0.175. The molecule has 0 amide bonds. The molecule has 4 aromatic rings. The second-order valence-electron chi connectivity index (χ2n) is 13.8. The van der Waals surface area contributed by atoms with Gasteiger partial charge in [0.2, 0.25) is 0 Å². The number of anilines is 2. The number of likely N-dealkylation sites (N-methyl/N-ethyl adjacent to an activating group) is 1. The van der Waals surface area contributed by atoms with Crippen LogP contribution in [0.1, 0.15) is 49.8 Å². The summed E-state index contributed by atoms with van der Waals surface area (Å²) in [6.45, 7) is 5.10. The van der Waals surface area contributed by atoms with Gasteiger partial charge in [-0.05, 0) is 112 Å². The van der Waals surface area contributed by atoms with E-state index < -0.39 is 0 Å². The summed E-state index contributed by atoms with van der Waals surface area (Å²) < 4.78 is 9.40. The van der Waals surface area contributed by atoms with Crippen LogP contribution in [-0.4, -0.2) is 56.8 Å². The quantitative estimate of drug-likeness (QED) is 0.111. The number of ketones is 1. The number of ether oxygens (including phenoxy) is 1. The largest absolute Gasteiger partial charge is 0.457 e. The number of rotatable bonds is 10. The zero-order valence-corrected chi connectivity index (χ0v) is 26.9. The number of hydrogen-bond acceptors (Lipinski definition) is 8. The van der Waals surface area contributed by atoms with Gasteiger partial charge in [-0.3, -0.25) is 20.2 Å². The molecule has 2 bridgehead atoms. The van der Waals surface area contributed by atoms with E-state index in [4.69, 9.17) is 20.5 Å². The topological polar surface area (TPSA) is 124 Å². The average molecular weight is 619 g/mol. The van der Waals surface area contributed by atoms with Crippen LogP contribution in [0.5, 0.6) is 11.5 Å². The molecular weight excluding hydrogens is 576 g/mol. The number of allylic oxidation sites excluding steroid dienone is 1. The van der Waals surface area contributed by atoms with Crippen molar-refractivity contribution in [3.63, 3.8) is 0 Å². The predicted octanol–water partition coefficient (Wildman–Crippen LogP) is 6.15. The Hall–Kier alpha value is -4.57. The smallest absolute Gasteiger partial charge is 0.162 e. The Morgan fingerprint density at radius 1 is 1.17 bits per heavy atom. The third-order valence-electron chi connectivity index (χ3n) is 10.9. The van der Waals surface area contributed by atoms with Crippen molar-refractivity contribution in [2.45, 2.75) is 45.4 Å². The first-order valence-corrected chi connectivity index (χ1v) is 16.2. The van der Waals surface area contributed by atoms with Crippen LogP contribution in [0.4, 0.5) is 11.4 Å². The van der Waals surface area contributed by atoms with Gasteiger partial charge in [-0.1, -0.05) is 13.0 Å². The number of aromatic nitrogens is 4. The fourth-order valence-corrected chi connectivity index (χ4v) is 8.78. The van der Waals surface area contributed by atoms with E-state index in [1.807, 2.05) is 56.0 Å². The molecule has 3 aliphatic rings. The number of carbonyl (C=O) groups is 1. The molecule has 3 aliphatic carbocycles. The van der Waals surface area contributed by atoms with Gasteiger partial charge in [-0.25, -0.2) is 9.50 Å². The van der Waals surface area contributed by atoms with Gasteiger partial charge in [0, 0.05) is 42.0 Å². The van der Waals surface area contributed by atoms with Crippen molar-refractivity contribution in [2.75, 3.05) is 26.0 Å². The summed E-state index contributed by atoms with van der Waals surface area (Å²) in [6, 6.07) is 11.4. The zero-order chi connectivity index (χ0) is 32.2. The van der Waals surface area contributed by atoms with E-state index in [0.717, 1.165) is 66.7 Å². The standard InChI is InChI=1S/C36H42N8O2/c1-22-14-26(7-8-31(22)46-27-9-12-43(20-37)33(38)18-27)41-30-10-13-44-35(30)34(39-21-40-44)25-15-24-16-29-28(17-25)23(2)36(29,19-24)32(45)6-5-11-42(3)4/h5-10,12-14,18,20-21,23-25,28-29,37-38,41H,11,15-17,19H2,1-4H3/b6-5+,37-20?,38-33?/t23-,24?,25?,28?,29?,36?/m1/s1. The van der Waals surface area contributed by atoms with Gasteiger partial charge in [-0.2, -0.15) is 5.10 Å². The number of carbonyl (C=O) groups excluding carboxylic acids is 1. The highest BCUT2D eigenvalue weighted by molar-refractivity contribution is 5.96.